The van der Waals surface area contributed by atoms with Crippen LogP contribution >= 0.6 is 0 Å². The highest BCUT2D eigenvalue weighted by atomic mass is 32.2. The average molecular weight is 702 g/mol. The molecule has 13 nitrogen and oxygen atoms in total. The minimum Gasteiger partial charge on any atom is -0.377 e. The highest BCUT2D eigenvalue weighted by molar-refractivity contribution is 7.92. The van der Waals surface area contributed by atoms with E-state index in [2.05, 4.69) is 27.2 Å². The number of ether oxygens (including phenoxy) is 1. The van der Waals surface area contributed by atoms with Crippen LogP contribution in [-0.4, -0.2) is 45.4 Å². The number of sulfonamides is 1. The second kappa shape index (κ2) is 15.2. The van der Waals surface area contributed by atoms with E-state index < -0.39 is 21.5 Å². The van der Waals surface area contributed by atoms with Crippen molar-refractivity contribution in [1.29, 1.82) is 0 Å². The molecule has 0 atom stereocenters. The van der Waals surface area contributed by atoms with Crippen LogP contribution in [0.15, 0.2) is 62.7 Å². The number of hydrogen-bond acceptors (Lipinski definition) is 9. The summed E-state index contributed by atoms with van der Waals surface area (Å²) in [6.45, 7) is 11.7. The summed E-state index contributed by atoms with van der Waals surface area (Å²) in [4.78, 5) is 32.3. The molecule has 3 aromatic heterocycles. The van der Waals surface area contributed by atoms with Crippen LogP contribution in [0.4, 0.5) is 11.6 Å². The summed E-state index contributed by atoms with van der Waals surface area (Å²) in [6, 6.07) is 14.0. The number of aryl methyl sites for hydroxylation is 5. The second-order valence-corrected chi connectivity index (χ2v) is 13.8. The summed E-state index contributed by atoms with van der Waals surface area (Å²) in [5.41, 5.74) is 3.90. The molecule has 2 N–H and O–H groups in total. The largest absolute Gasteiger partial charge is 0.377 e. The molecule has 0 aliphatic rings. The number of anilines is 2. The Morgan fingerprint density at radius 1 is 1.02 bits per heavy atom. The first-order chi connectivity index (χ1) is 23.8. The van der Waals surface area contributed by atoms with Gasteiger partial charge in [0.05, 0.1) is 23.7 Å². The van der Waals surface area contributed by atoms with Gasteiger partial charge in [-0.15, -0.1) is 0 Å². The molecular formula is C36H43N7O6S. The molecule has 0 fully saturated rings. The fourth-order valence-corrected chi connectivity index (χ4v) is 6.89. The third-order valence-corrected chi connectivity index (χ3v) is 9.99. The quantitative estimate of drug-likeness (QED) is 0.145. The van der Waals surface area contributed by atoms with Crippen molar-refractivity contribution in [2.45, 2.75) is 78.9 Å². The molecule has 0 radical (unpaired) electrons. The van der Waals surface area contributed by atoms with Gasteiger partial charge in [-0.3, -0.25) is 23.6 Å². The fourth-order valence-electron chi connectivity index (χ4n) is 5.61. The van der Waals surface area contributed by atoms with Gasteiger partial charge in [0.25, 0.3) is 21.5 Å². The summed E-state index contributed by atoms with van der Waals surface area (Å²) in [6.07, 6.45) is 2.27. The van der Waals surface area contributed by atoms with Crippen LogP contribution in [0.3, 0.4) is 0 Å². The maximum atomic E-state index is 14.1. The number of carbonyl (C=O) groups excluding carboxylic acids is 1. The van der Waals surface area contributed by atoms with E-state index in [1.807, 2.05) is 32.0 Å². The van der Waals surface area contributed by atoms with Gasteiger partial charge in [0.1, 0.15) is 17.1 Å². The van der Waals surface area contributed by atoms with E-state index in [-0.39, 0.29) is 29.4 Å². The van der Waals surface area contributed by atoms with Crippen LogP contribution in [0.25, 0.3) is 11.1 Å². The summed E-state index contributed by atoms with van der Waals surface area (Å²) >= 11 is 0. The molecule has 0 spiro atoms. The van der Waals surface area contributed by atoms with Crippen molar-refractivity contribution in [2.24, 2.45) is 7.05 Å². The number of amides is 1. The summed E-state index contributed by atoms with van der Waals surface area (Å²) < 4.78 is 44.1. The predicted octanol–water partition coefficient (Wildman–Crippen LogP) is 5.85. The number of nitrogens with zero attached hydrogens (tertiary/aromatic N) is 5. The van der Waals surface area contributed by atoms with Gasteiger partial charge in [0.15, 0.2) is 11.6 Å². The van der Waals surface area contributed by atoms with E-state index >= 15 is 0 Å². The number of carbonyl (C=O) groups is 1. The summed E-state index contributed by atoms with van der Waals surface area (Å²) in [7, 11) is -2.30. The zero-order valence-corrected chi connectivity index (χ0v) is 30.3. The van der Waals surface area contributed by atoms with Crippen LogP contribution in [-0.2, 0) is 41.4 Å². The Balaban J connectivity index is 1.55. The van der Waals surface area contributed by atoms with Crippen molar-refractivity contribution in [1.82, 2.24) is 24.5 Å². The maximum Gasteiger partial charge on any atom is 0.266 e. The Labute approximate surface area is 291 Å². The molecule has 0 saturated heterocycles. The number of unbranched alkanes of at least 4 members (excludes halogenated alkanes) is 1. The smallest absolute Gasteiger partial charge is 0.266 e. The lowest BCUT2D eigenvalue weighted by atomic mass is 9.97. The van der Waals surface area contributed by atoms with Crippen molar-refractivity contribution >= 4 is 27.6 Å². The standard InChI is InChI=1S/C36H43N7O6S/c1-8-10-15-32-37-24(5)33(35(44)38-31-18-22(3)42(7)39-31)36(45)43(32)20-26-16-17-28(27(19-26)21-48-9-2)29-13-11-12-14-30(29)50(46,47)41-34-23(4)25(6)49-40-34/h11-14,16-19H,8-10,15,20-21H2,1-7H3,(H,40,41)(H,38,39,44). The third-order valence-electron chi connectivity index (χ3n) is 8.59. The Bertz CT molecular complexity index is 2180. The topological polar surface area (TPSA) is 163 Å². The molecule has 0 aliphatic carbocycles. The highest BCUT2D eigenvalue weighted by Gasteiger charge is 2.25. The van der Waals surface area contributed by atoms with Crippen LogP contribution in [0.1, 0.15) is 76.7 Å². The minimum absolute atomic E-state index is 0.0520. The van der Waals surface area contributed by atoms with E-state index in [4.69, 9.17) is 14.2 Å². The number of benzene rings is 2. The van der Waals surface area contributed by atoms with Crippen LogP contribution in [0.2, 0.25) is 0 Å². The van der Waals surface area contributed by atoms with E-state index in [0.717, 1.165) is 29.7 Å². The number of hydrogen-bond donors (Lipinski definition) is 2. The summed E-state index contributed by atoms with van der Waals surface area (Å²) in [5.74, 6) is 0.985. The molecule has 0 bridgehead atoms. The SMILES string of the molecule is CCCCc1nc(C)c(C(=O)Nc2cc(C)n(C)n2)c(=O)n1Cc1ccc(-c2ccccc2S(=O)(=O)Nc2noc(C)c2C)c(COCC)c1. The Morgan fingerprint density at radius 2 is 1.78 bits per heavy atom. The molecule has 3 heterocycles. The molecule has 5 rings (SSSR count). The number of aromatic nitrogens is 5. The lowest BCUT2D eigenvalue weighted by molar-refractivity contribution is 0.102. The molecular weight excluding hydrogens is 659 g/mol. The molecule has 0 aliphatic heterocycles. The van der Waals surface area contributed by atoms with Crippen molar-refractivity contribution < 1.29 is 22.5 Å². The van der Waals surface area contributed by atoms with E-state index in [1.54, 1.807) is 61.3 Å². The molecule has 5 aromatic rings. The molecule has 264 valence electrons. The molecule has 14 heteroatoms. The lowest BCUT2D eigenvalue weighted by Crippen LogP contribution is -2.34. The molecule has 0 unspecified atom stereocenters. The Kier molecular flexibility index (Phi) is 11.0. The maximum absolute atomic E-state index is 14.1. The number of nitrogens with one attached hydrogen (secondary N) is 2. The molecule has 2 aromatic carbocycles. The molecule has 50 heavy (non-hydrogen) atoms. The lowest BCUT2D eigenvalue weighted by Gasteiger charge is -2.18. The van der Waals surface area contributed by atoms with Crippen LogP contribution < -0.4 is 15.6 Å². The number of rotatable bonds is 14. The van der Waals surface area contributed by atoms with Gasteiger partial charge in [0.2, 0.25) is 0 Å². The summed E-state index contributed by atoms with van der Waals surface area (Å²) in [5, 5.41) is 10.9. The van der Waals surface area contributed by atoms with Gasteiger partial charge >= 0.3 is 0 Å². The Hall–Kier alpha value is -5.08. The van der Waals surface area contributed by atoms with E-state index in [9.17, 15) is 18.0 Å². The third kappa shape index (κ3) is 7.71. The van der Waals surface area contributed by atoms with Crippen molar-refractivity contribution in [2.75, 3.05) is 16.6 Å². The second-order valence-electron chi connectivity index (χ2n) is 12.2. The monoisotopic (exact) mass is 701 g/mol. The zero-order chi connectivity index (χ0) is 36.2. The Morgan fingerprint density at radius 3 is 2.44 bits per heavy atom. The van der Waals surface area contributed by atoms with Gasteiger partial charge in [-0.05, 0) is 63.8 Å². The first-order valence-corrected chi connectivity index (χ1v) is 18.0. The van der Waals surface area contributed by atoms with E-state index in [0.29, 0.717) is 52.8 Å². The van der Waals surface area contributed by atoms with Gasteiger partial charge in [-0.1, -0.05) is 54.9 Å². The minimum atomic E-state index is -4.07. The highest BCUT2D eigenvalue weighted by Crippen LogP contribution is 2.33. The van der Waals surface area contributed by atoms with Gasteiger partial charge in [-0.25, -0.2) is 13.4 Å². The fraction of sp³-hybridized carbons (Fsp3) is 0.361. The van der Waals surface area contributed by atoms with Gasteiger partial charge in [-0.2, -0.15) is 5.10 Å². The van der Waals surface area contributed by atoms with Crippen molar-refractivity contribution in [3.05, 3.63) is 104 Å². The average Bonchev–Trinajstić information content (AvgIpc) is 3.57. The van der Waals surface area contributed by atoms with Crippen molar-refractivity contribution in [3.63, 3.8) is 0 Å². The normalized spacial score (nSPS) is 11.6. The van der Waals surface area contributed by atoms with Crippen LogP contribution in [0, 0.1) is 27.7 Å². The van der Waals surface area contributed by atoms with Gasteiger partial charge < -0.3 is 14.6 Å². The van der Waals surface area contributed by atoms with Crippen LogP contribution in [0.5, 0.6) is 0 Å². The zero-order valence-electron chi connectivity index (χ0n) is 29.5. The van der Waals surface area contributed by atoms with Gasteiger partial charge in [0, 0.05) is 43.0 Å². The predicted molar refractivity (Wildman–Crippen MR) is 191 cm³/mol. The molecule has 0 saturated carbocycles. The van der Waals surface area contributed by atoms with E-state index in [1.165, 1.54) is 6.07 Å². The first-order valence-electron chi connectivity index (χ1n) is 16.5. The molecule has 1 amide bonds. The first kappa shape index (κ1) is 36.2. The van der Waals surface area contributed by atoms with Crippen molar-refractivity contribution in [3.8, 4) is 11.1 Å².